The Morgan fingerprint density at radius 1 is 1.38 bits per heavy atom. The highest BCUT2D eigenvalue weighted by atomic mass is 79.9. The third-order valence-electron chi connectivity index (χ3n) is 3.96. The molecule has 1 aliphatic rings. The van der Waals surface area contributed by atoms with Crippen molar-refractivity contribution in [1.82, 2.24) is 4.90 Å². The van der Waals surface area contributed by atoms with Gasteiger partial charge in [0.25, 0.3) is 5.91 Å². The van der Waals surface area contributed by atoms with Crippen molar-refractivity contribution in [2.75, 3.05) is 25.0 Å². The summed E-state index contributed by atoms with van der Waals surface area (Å²) in [6.45, 7) is 4.65. The number of halogens is 1. The highest BCUT2D eigenvalue weighted by Gasteiger charge is 2.26. The highest BCUT2D eigenvalue weighted by Crippen LogP contribution is 2.23. The lowest BCUT2D eigenvalue weighted by Crippen LogP contribution is -2.28. The van der Waals surface area contributed by atoms with Gasteiger partial charge in [-0.15, -0.1) is 0 Å². The number of unbranched alkanes of at least 4 members (excludes halogenated alkanes) is 1. The van der Waals surface area contributed by atoms with Crippen LogP contribution in [0.1, 0.15) is 43.0 Å². The van der Waals surface area contributed by atoms with Crippen LogP contribution in [0.3, 0.4) is 0 Å². The van der Waals surface area contributed by atoms with Crippen LogP contribution in [-0.2, 0) is 0 Å². The number of alkyl halides is 1. The summed E-state index contributed by atoms with van der Waals surface area (Å²) in [4.78, 5) is 14.4. The number of amides is 1. The van der Waals surface area contributed by atoms with E-state index in [-0.39, 0.29) is 5.91 Å². The number of hydrogen-bond donors (Lipinski definition) is 0. The topological polar surface area (TPSA) is 29.5 Å². The first kappa shape index (κ1) is 16.3. The second-order valence-corrected chi connectivity index (χ2v) is 6.40. The summed E-state index contributed by atoms with van der Waals surface area (Å²) >= 11 is 3.48. The SMILES string of the molecule is CCCCOc1ccc(C(=O)N2CCC(CCBr)C2)cc1. The van der Waals surface area contributed by atoms with E-state index in [0.717, 1.165) is 62.0 Å². The van der Waals surface area contributed by atoms with Crippen LogP contribution >= 0.6 is 15.9 Å². The van der Waals surface area contributed by atoms with Crippen LogP contribution in [0.2, 0.25) is 0 Å². The maximum atomic E-state index is 12.4. The smallest absolute Gasteiger partial charge is 0.253 e. The number of carbonyl (C=O) groups excluding carboxylic acids is 1. The fourth-order valence-corrected chi connectivity index (χ4v) is 3.27. The molecule has 1 unspecified atom stereocenters. The third kappa shape index (κ3) is 4.73. The number of rotatable bonds is 7. The van der Waals surface area contributed by atoms with Gasteiger partial charge in [0, 0.05) is 24.0 Å². The maximum Gasteiger partial charge on any atom is 0.253 e. The predicted molar refractivity (Wildman–Crippen MR) is 89.3 cm³/mol. The minimum absolute atomic E-state index is 0.146. The number of hydrogen-bond acceptors (Lipinski definition) is 2. The first-order valence-electron chi connectivity index (χ1n) is 7.82. The summed E-state index contributed by atoms with van der Waals surface area (Å²) < 4.78 is 5.63. The Balaban J connectivity index is 1.88. The second-order valence-electron chi connectivity index (χ2n) is 5.61. The van der Waals surface area contributed by atoms with Gasteiger partial charge >= 0.3 is 0 Å². The molecule has 2 rings (SSSR count). The van der Waals surface area contributed by atoms with Gasteiger partial charge in [-0.2, -0.15) is 0 Å². The Morgan fingerprint density at radius 3 is 2.81 bits per heavy atom. The van der Waals surface area contributed by atoms with E-state index in [9.17, 15) is 4.79 Å². The number of benzene rings is 1. The first-order chi connectivity index (χ1) is 10.2. The van der Waals surface area contributed by atoms with E-state index in [1.54, 1.807) is 0 Å². The number of ether oxygens (including phenoxy) is 1. The molecule has 0 aliphatic carbocycles. The lowest BCUT2D eigenvalue weighted by atomic mass is 10.1. The van der Waals surface area contributed by atoms with E-state index < -0.39 is 0 Å². The largest absolute Gasteiger partial charge is 0.494 e. The van der Waals surface area contributed by atoms with Crippen molar-refractivity contribution in [2.24, 2.45) is 5.92 Å². The molecule has 1 saturated heterocycles. The first-order valence-corrected chi connectivity index (χ1v) is 8.94. The molecule has 1 aliphatic heterocycles. The molecule has 0 N–H and O–H groups in total. The summed E-state index contributed by atoms with van der Waals surface area (Å²) in [6, 6.07) is 7.55. The molecule has 3 nitrogen and oxygen atoms in total. The van der Waals surface area contributed by atoms with Crippen molar-refractivity contribution in [3.05, 3.63) is 29.8 Å². The van der Waals surface area contributed by atoms with Crippen molar-refractivity contribution < 1.29 is 9.53 Å². The van der Waals surface area contributed by atoms with Crippen LogP contribution in [0.15, 0.2) is 24.3 Å². The third-order valence-corrected chi connectivity index (χ3v) is 4.42. The van der Waals surface area contributed by atoms with Gasteiger partial charge in [0.1, 0.15) is 5.75 Å². The normalized spacial score (nSPS) is 18.0. The molecule has 116 valence electrons. The van der Waals surface area contributed by atoms with Crippen LogP contribution in [-0.4, -0.2) is 35.8 Å². The Kier molecular flexibility index (Phi) is 6.55. The Labute approximate surface area is 135 Å². The van der Waals surface area contributed by atoms with E-state index in [1.165, 1.54) is 0 Å². The van der Waals surface area contributed by atoms with E-state index >= 15 is 0 Å². The molecule has 1 aromatic rings. The van der Waals surface area contributed by atoms with Gasteiger partial charge in [0.2, 0.25) is 0 Å². The zero-order chi connectivity index (χ0) is 15.1. The Morgan fingerprint density at radius 2 is 2.14 bits per heavy atom. The van der Waals surface area contributed by atoms with Crippen LogP contribution in [0.5, 0.6) is 5.75 Å². The molecular weight excluding hydrogens is 330 g/mol. The average Bonchev–Trinajstić information content (AvgIpc) is 2.97. The van der Waals surface area contributed by atoms with E-state index in [4.69, 9.17) is 4.74 Å². The highest BCUT2D eigenvalue weighted by molar-refractivity contribution is 9.09. The minimum Gasteiger partial charge on any atom is -0.494 e. The summed E-state index contributed by atoms with van der Waals surface area (Å²) in [5, 5.41) is 1.02. The van der Waals surface area contributed by atoms with Gasteiger partial charge in [-0.25, -0.2) is 0 Å². The van der Waals surface area contributed by atoms with Crippen molar-refractivity contribution in [2.45, 2.75) is 32.6 Å². The summed E-state index contributed by atoms with van der Waals surface area (Å²) in [5.41, 5.74) is 0.761. The monoisotopic (exact) mass is 353 g/mol. The van der Waals surface area contributed by atoms with Crippen LogP contribution in [0.4, 0.5) is 0 Å². The van der Waals surface area contributed by atoms with Crippen molar-refractivity contribution in [3.63, 3.8) is 0 Å². The van der Waals surface area contributed by atoms with Gasteiger partial charge < -0.3 is 9.64 Å². The van der Waals surface area contributed by atoms with Crippen molar-refractivity contribution >= 4 is 21.8 Å². The van der Waals surface area contributed by atoms with E-state index in [2.05, 4.69) is 22.9 Å². The van der Waals surface area contributed by atoms with Crippen LogP contribution in [0, 0.1) is 5.92 Å². The molecule has 4 heteroatoms. The van der Waals surface area contributed by atoms with Gasteiger partial charge in [-0.3, -0.25) is 4.79 Å². The second kappa shape index (κ2) is 8.42. The molecule has 1 heterocycles. The van der Waals surface area contributed by atoms with Gasteiger partial charge in [0.05, 0.1) is 6.61 Å². The Hall–Kier alpha value is -1.03. The standard InChI is InChI=1S/C17H24BrNO2/c1-2-3-12-21-16-6-4-15(5-7-16)17(20)19-11-9-14(13-19)8-10-18/h4-7,14H,2-3,8-13H2,1H3. The molecule has 0 spiro atoms. The fraction of sp³-hybridized carbons (Fsp3) is 0.588. The fourth-order valence-electron chi connectivity index (χ4n) is 2.62. The molecular formula is C17H24BrNO2. The average molecular weight is 354 g/mol. The van der Waals surface area contributed by atoms with Gasteiger partial charge in [-0.1, -0.05) is 29.3 Å². The molecule has 0 aromatic heterocycles. The molecule has 1 atom stereocenters. The van der Waals surface area contributed by atoms with E-state index in [0.29, 0.717) is 5.92 Å². The molecule has 1 aromatic carbocycles. The van der Waals surface area contributed by atoms with Crippen molar-refractivity contribution in [3.8, 4) is 5.75 Å². The van der Waals surface area contributed by atoms with Crippen LogP contribution < -0.4 is 4.74 Å². The number of nitrogens with zero attached hydrogens (tertiary/aromatic N) is 1. The zero-order valence-electron chi connectivity index (χ0n) is 12.7. The molecule has 0 radical (unpaired) electrons. The van der Waals surface area contributed by atoms with Gasteiger partial charge in [-0.05, 0) is 49.4 Å². The number of carbonyl (C=O) groups is 1. The summed E-state index contributed by atoms with van der Waals surface area (Å²) in [7, 11) is 0. The molecule has 0 bridgehead atoms. The lowest BCUT2D eigenvalue weighted by Gasteiger charge is -2.16. The molecule has 1 fully saturated rings. The molecule has 1 amide bonds. The molecule has 0 saturated carbocycles. The lowest BCUT2D eigenvalue weighted by molar-refractivity contribution is 0.0787. The quantitative estimate of drug-likeness (QED) is 0.545. The predicted octanol–water partition coefficient (Wildman–Crippen LogP) is 4.11. The zero-order valence-corrected chi connectivity index (χ0v) is 14.3. The van der Waals surface area contributed by atoms with Crippen molar-refractivity contribution in [1.29, 1.82) is 0 Å². The molecule has 21 heavy (non-hydrogen) atoms. The van der Waals surface area contributed by atoms with Gasteiger partial charge in [0.15, 0.2) is 0 Å². The number of likely N-dealkylation sites (tertiary alicyclic amines) is 1. The Bertz CT molecular complexity index is 447. The summed E-state index contributed by atoms with van der Waals surface area (Å²) in [6.07, 6.45) is 4.45. The van der Waals surface area contributed by atoms with Crippen LogP contribution in [0.25, 0.3) is 0 Å². The van der Waals surface area contributed by atoms with E-state index in [1.807, 2.05) is 29.2 Å². The summed E-state index contributed by atoms with van der Waals surface area (Å²) in [5.74, 6) is 1.63. The minimum atomic E-state index is 0.146. The maximum absolute atomic E-state index is 12.4.